The number of carbonyl (C=O) groups is 1. The third kappa shape index (κ3) is 3.68. The minimum Gasteiger partial charge on any atom is -0.451 e. The number of furan rings is 1. The van der Waals surface area contributed by atoms with Gasteiger partial charge in [0, 0.05) is 5.56 Å². The number of hydrogen-bond donors (Lipinski definition) is 1. The first-order valence-corrected chi connectivity index (χ1v) is 9.15. The molecule has 25 heavy (non-hydrogen) atoms. The molecule has 3 aromatic rings. The zero-order chi connectivity index (χ0) is 18.0. The van der Waals surface area contributed by atoms with Crippen molar-refractivity contribution < 1.29 is 9.21 Å². The van der Waals surface area contributed by atoms with Crippen LogP contribution in [0.2, 0.25) is 10.0 Å². The van der Waals surface area contributed by atoms with Crippen molar-refractivity contribution in [2.75, 3.05) is 11.2 Å². The van der Waals surface area contributed by atoms with Gasteiger partial charge in [0.05, 0.1) is 10.0 Å². The second-order valence-corrected chi connectivity index (χ2v) is 7.02. The number of rotatable bonds is 5. The van der Waals surface area contributed by atoms with Crippen molar-refractivity contribution in [3.05, 3.63) is 52.0 Å². The van der Waals surface area contributed by atoms with Gasteiger partial charge in [0.1, 0.15) is 11.6 Å². The molecule has 0 radical (unpaired) electrons. The minimum absolute atomic E-state index is 0.145. The van der Waals surface area contributed by atoms with Gasteiger partial charge in [0.25, 0.3) is 0 Å². The lowest BCUT2D eigenvalue weighted by molar-refractivity contribution is 0.0980. The van der Waals surface area contributed by atoms with Crippen molar-refractivity contribution in [3.8, 4) is 11.3 Å². The van der Waals surface area contributed by atoms with E-state index >= 15 is 0 Å². The molecule has 2 heterocycles. The molecule has 1 N–H and O–H groups in total. The average Bonchev–Trinajstić information content (AvgIpc) is 3.20. The SMILES string of the molecule is CCSc1nnc(C)n1NC(=O)c1ccc(-c2cccc(Cl)c2Cl)o1. The quantitative estimate of drug-likeness (QED) is 0.635. The number of aromatic nitrogens is 3. The summed E-state index contributed by atoms with van der Waals surface area (Å²) in [4.78, 5) is 12.5. The molecule has 0 unspecified atom stereocenters. The number of aryl methyl sites for hydroxylation is 1. The first-order valence-electron chi connectivity index (χ1n) is 7.41. The molecule has 2 aromatic heterocycles. The molecular formula is C16H14Cl2N4O2S. The molecule has 0 aliphatic carbocycles. The zero-order valence-electron chi connectivity index (χ0n) is 13.4. The monoisotopic (exact) mass is 396 g/mol. The molecule has 1 amide bonds. The van der Waals surface area contributed by atoms with Crippen LogP contribution in [0.1, 0.15) is 23.3 Å². The maximum absolute atomic E-state index is 12.5. The lowest BCUT2D eigenvalue weighted by atomic mass is 10.2. The topological polar surface area (TPSA) is 73.0 Å². The molecule has 0 spiro atoms. The molecule has 0 fully saturated rings. The molecule has 130 valence electrons. The number of amides is 1. The molecule has 0 atom stereocenters. The Bertz CT molecular complexity index is 923. The fraction of sp³-hybridized carbons (Fsp3) is 0.188. The van der Waals surface area contributed by atoms with Crippen molar-refractivity contribution >= 4 is 40.9 Å². The van der Waals surface area contributed by atoms with E-state index in [2.05, 4.69) is 15.6 Å². The van der Waals surface area contributed by atoms with Crippen LogP contribution in [0.4, 0.5) is 0 Å². The van der Waals surface area contributed by atoms with Crippen LogP contribution in [0.5, 0.6) is 0 Å². The Morgan fingerprint density at radius 1 is 1.28 bits per heavy atom. The number of benzene rings is 1. The van der Waals surface area contributed by atoms with E-state index in [-0.39, 0.29) is 5.76 Å². The van der Waals surface area contributed by atoms with Crippen LogP contribution in [0.15, 0.2) is 39.9 Å². The maximum atomic E-state index is 12.5. The van der Waals surface area contributed by atoms with E-state index in [1.54, 1.807) is 37.3 Å². The van der Waals surface area contributed by atoms with E-state index in [0.29, 0.717) is 32.3 Å². The van der Waals surface area contributed by atoms with Crippen LogP contribution in [-0.4, -0.2) is 26.5 Å². The summed E-state index contributed by atoms with van der Waals surface area (Å²) in [5.41, 5.74) is 3.35. The van der Waals surface area contributed by atoms with Crippen molar-refractivity contribution in [3.63, 3.8) is 0 Å². The van der Waals surface area contributed by atoms with E-state index in [1.807, 2.05) is 6.92 Å². The van der Waals surface area contributed by atoms with Crippen LogP contribution >= 0.6 is 35.0 Å². The highest BCUT2D eigenvalue weighted by Gasteiger charge is 2.18. The third-order valence-corrected chi connectivity index (χ3v) is 4.96. The van der Waals surface area contributed by atoms with Gasteiger partial charge in [-0.05, 0) is 36.9 Å². The van der Waals surface area contributed by atoms with Crippen LogP contribution in [0.25, 0.3) is 11.3 Å². The summed E-state index contributed by atoms with van der Waals surface area (Å²) in [6.45, 7) is 3.75. The van der Waals surface area contributed by atoms with Gasteiger partial charge in [-0.1, -0.05) is 48.0 Å². The first kappa shape index (κ1) is 17.8. The van der Waals surface area contributed by atoms with Gasteiger partial charge in [-0.3, -0.25) is 10.2 Å². The van der Waals surface area contributed by atoms with Gasteiger partial charge in [-0.25, -0.2) is 4.68 Å². The van der Waals surface area contributed by atoms with E-state index in [9.17, 15) is 4.79 Å². The molecule has 1 aromatic carbocycles. The van der Waals surface area contributed by atoms with E-state index in [0.717, 1.165) is 5.75 Å². The highest BCUT2D eigenvalue weighted by molar-refractivity contribution is 7.99. The fourth-order valence-electron chi connectivity index (χ4n) is 2.15. The smallest absolute Gasteiger partial charge is 0.305 e. The molecular weight excluding hydrogens is 383 g/mol. The summed E-state index contributed by atoms with van der Waals surface area (Å²) in [5.74, 6) is 1.58. The molecule has 0 aliphatic heterocycles. The van der Waals surface area contributed by atoms with Crippen molar-refractivity contribution in [1.82, 2.24) is 14.9 Å². The second-order valence-electron chi connectivity index (χ2n) is 5.00. The second kappa shape index (κ2) is 7.51. The van der Waals surface area contributed by atoms with Gasteiger partial charge in [0.15, 0.2) is 5.76 Å². The van der Waals surface area contributed by atoms with E-state index < -0.39 is 5.91 Å². The van der Waals surface area contributed by atoms with Gasteiger partial charge in [-0.15, -0.1) is 10.2 Å². The lowest BCUT2D eigenvalue weighted by Crippen LogP contribution is -2.24. The van der Waals surface area contributed by atoms with Crippen molar-refractivity contribution in [2.24, 2.45) is 0 Å². The number of hydrogen-bond acceptors (Lipinski definition) is 5. The Morgan fingerprint density at radius 3 is 2.84 bits per heavy atom. The van der Waals surface area contributed by atoms with E-state index in [4.69, 9.17) is 27.6 Å². The summed E-state index contributed by atoms with van der Waals surface area (Å²) in [7, 11) is 0. The summed E-state index contributed by atoms with van der Waals surface area (Å²) < 4.78 is 7.17. The summed E-state index contributed by atoms with van der Waals surface area (Å²) in [6, 6.07) is 8.47. The third-order valence-electron chi connectivity index (χ3n) is 3.33. The van der Waals surface area contributed by atoms with Crippen LogP contribution in [-0.2, 0) is 0 Å². The molecule has 3 rings (SSSR count). The Kier molecular flexibility index (Phi) is 5.36. The number of nitrogens with one attached hydrogen (secondary N) is 1. The number of thioether (sulfide) groups is 1. The Balaban J connectivity index is 1.84. The molecule has 9 heteroatoms. The molecule has 0 bridgehead atoms. The predicted octanol–water partition coefficient (Wildman–Crippen LogP) is 4.65. The van der Waals surface area contributed by atoms with E-state index in [1.165, 1.54) is 16.4 Å². The van der Waals surface area contributed by atoms with Gasteiger partial charge in [0.2, 0.25) is 5.16 Å². The van der Waals surface area contributed by atoms with Crippen LogP contribution in [0.3, 0.4) is 0 Å². The maximum Gasteiger partial charge on any atom is 0.305 e. The molecule has 0 saturated heterocycles. The van der Waals surface area contributed by atoms with Gasteiger partial charge < -0.3 is 4.42 Å². The van der Waals surface area contributed by atoms with Gasteiger partial charge >= 0.3 is 5.91 Å². The molecule has 6 nitrogen and oxygen atoms in total. The summed E-state index contributed by atoms with van der Waals surface area (Å²) >= 11 is 13.7. The average molecular weight is 397 g/mol. The summed E-state index contributed by atoms with van der Waals surface area (Å²) in [5, 5.41) is 9.40. The van der Waals surface area contributed by atoms with Crippen LogP contribution in [0, 0.1) is 6.92 Å². The lowest BCUT2D eigenvalue weighted by Gasteiger charge is -2.08. The largest absolute Gasteiger partial charge is 0.451 e. The highest BCUT2D eigenvalue weighted by Crippen LogP contribution is 2.34. The van der Waals surface area contributed by atoms with Crippen molar-refractivity contribution in [2.45, 2.75) is 19.0 Å². The zero-order valence-corrected chi connectivity index (χ0v) is 15.7. The first-order chi connectivity index (χ1) is 12.0. The normalized spacial score (nSPS) is 10.9. The Morgan fingerprint density at radius 2 is 2.08 bits per heavy atom. The summed E-state index contributed by atoms with van der Waals surface area (Å²) in [6.07, 6.45) is 0. The van der Waals surface area contributed by atoms with Gasteiger partial charge in [-0.2, -0.15) is 0 Å². The number of nitrogens with zero attached hydrogens (tertiary/aromatic N) is 3. The predicted molar refractivity (Wildman–Crippen MR) is 99.0 cm³/mol. The number of carbonyl (C=O) groups excluding carboxylic acids is 1. The Labute approximate surface area is 158 Å². The number of halogens is 2. The minimum atomic E-state index is -0.412. The highest BCUT2D eigenvalue weighted by atomic mass is 35.5. The Hall–Kier alpha value is -1.96. The van der Waals surface area contributed by atoms with Crippen LogP contribution < -0.4 is 5.43 Å². The molecule has 0 saturated carbocycles. The van der Waals surface area contributed by atoms with Crippen molar-refractivity contribution in [1.29, 1.82) is 0 Å². The molecule has 0 aliphatic rings. The standard InChI is InChI=1S/C16H14Cl2N4O2S/c1-3-25-16-20-19-9(2)22(16)21-15(23)13-8-7-12(24-13)10-5-4-6-11(17)14(10)18/h4-8H,3H2,1-2H3,(H,21,23). The fourth-order valence-corrected chi connectivity index (χ4v) is 3.21.